The molecule has 8 heteroatoms. The molecule has 0 saturated heterocycles. The Labute approximate surface area is 152 Å². The molecule has 8 nitrogen and oxygen atoms in total. The quantitative estimate of drug-likeness (QED) is 0.608. The number of hydrogen-bond donors (Lipinski definition) is 2. The zero-order chi connectivity index (χ0) is 21.6. The van der Waals surface area contributed by atoms with Gasteiger partial charge in [-0.15, -0.1) is 0 Å². The summed E-state index contributed by atoms with van der Waals surface area (Å²) in [5.74, 6) is -0.981. The van der Waals surface area contributed by atoms with Crippen LogP contribution in [0.3, 0.4) is 0 Å². The van der Waals surface area contributed by atoms with Gasteiger partial charge in [0, 0.05) is 18.1 Å². The average molecular weight is 368 g/mol. The summed E-state index contributed by atoms with van der Waals surface area (Å²) in [5.41, 5.74) is 0.729. The highest BCUT2D eigenvalue weighted by atomic mass is 16.4. The Morgan fingerprint density at radius 1 is 1.04 bits per heavy atom. The van der Waals surface area contributed by atoms with Crippen LogP contribution in [0.25, 0.3) is 0 Å². The summed E-state index contributed by atoms with van der Waals surface area (Å²) in [5, 5.41) is 14.5. The second kappa shape index (κ2) is 42.9. The van der Waals surface area contributed by atoms with Gasteiger partial charge < -0.3 is 19.8 Å². The predicted molar refractivity (Wildman–Crippen MR) is 98.1 cm³/mol. The van der Waals surface area contributed by atoms with Crippen molar-refractivity contribution >= 4 is 38.1 Å². The number of carboxylic acid groups (broad SMARTS) is 2. The second-order valence-corrected chi connectivity index (χ2v) is 3.12. The average Bonchev–Trinajstić information content (AvgIpc) is 2.71. The number of rotatable bonds is 4. The molecule has 0 atom stereocenters. The molecule has 0 aliphatic heterocycles. The van der Waals surface area contributed by atoms with E-state index < -0.39 is 5.97 Å². The molecule has 0 spiro atoms. The molecule has 0 bridgehead atoms. The van der Waals surface area contributed by atoms with Gasteiger partial charge in [-0.3, -0.25) is 14.4 Å². The maximum atomic E-state index is 10.0. The zero-order valence-electron chi connectivity index (χ0n) is 14.5. The van der Waals surface area contributed by atoms with E-state index in [1.165, 1.54) is 6.08 Å². The summed E-state index contributed by atoms with van der Waals surface area (Å²) < 4.78 is 0. The third kappa shape index (κ3) is 71.2. The Balaban J connectivity index is -0.0000000725. The maximum absolute atomic E-state index is 10.0. The van der Waals surface area contributed by atoms with Crippen LogP contribution in [0.4, 0.5) is 0 Å². The standard InChI is InChI=1S/C7H6O.C3H4O2.C3H6O.C3H4O.CH2O2.CH2O/c8-6-7-4-2-1-3-5-7;1-2-3(4)5;2*1-2-3-4;2-1-3;1-2/h1-6H;2H,1H2,(H,4,5);3H,2H2,1H3;2-3H,1H2;1H,(H,2,3);1H2. The lowest BCUT2D eigenvalue weighted by molar-refractivity contribution is -0.131. The molecule has 0 saturated carbocycles. The van der Waals surface area contributed by atoms with Gasteiger partial charge in [0.1, 0.15) is 25.6 Å². The van der Waals surface area contributed by atoms with E-state index in [0.29, 0.717) is 12.7 Å². The lowest BCUT2D eigenvalue weighted by Crippen LogP contribution is -1.82. The lowest BCUT2D eigenvalue weighted by atomic mass is 10.2. The molecule has 0 fully saturated rings. The fourth-order valence-electron chi connectivity index (χ4n) is 0.532. The number of carboxylic acids is 1. The van der Waals surface area contributed by atoms with Crippen molar-refractivity contribution < 1.29 is 39.0 Å². The van der Waals surface area contributed by atoms with E-state index in [9.17, 15) is 14.4 Å². The minimum Gasteiger partial charge on any atom is -0.483 e. The Hall–Kier alpha value is -3.68. The minimum atomic E-state index is -0.981. The third-order valence-electron chi connectivity index (χ3n) is 1.37. The predicted octanol–water partition coefficient (Wildman–Crippen LogP) is 2.24. The van der Waals surface area contributed by atoms with E-state index in [1.54, 1.807) is 12.1 Å². The Morgan fingerprint density at radius 3 is 1.46 bits per heavy atom. The summed E-state index contributed by atoms with van der Waals surface area (Å²) in [6.45, 7) is 9.63. The topological polar surface area (TPSA) is 143 Å². The number of aldehydes is 3. The van der Waals surface area contributed by atoms with Crippen molar-refractivity contribution in [2.24, 2.45) is 0 Å². The highest BCUT2D eigenvalue weighted by molar-refractivity contribution is 5.78. The fourth-order valence-corrected chi connectivity index (χ4v) is 0.532. The lowest BCUT2D eigenvalue weighted by Gasteiger charge is -1.81. The number of allylic oxidation sites excluding steroid dienone is 1. The molecule has 1 rings (SSSR count). The summed E-state index contributed by atoms with van der Waals surface area (Å²) >= 11 is 0. The van der Waals surface area contributed by atoms with Crippen molar-refractivity contribution in [1.29, 1.82) is 0 Å². The molecule has 0 aromatic heterocycles. The number of aliphatic carboxylic acids is 1. The summed E-state index contributed by atoms with van der Waals surface area (Å²) in [4.78, 5) is 53.8. The van der Waals surface area contributed by atoms with Gasteiger partial charge >= 0.3 is 5.97 Å². The first-order valence-corrected chi connectivity index (χ1v) is 6.67. The number of hydrogen-bond acceptors (Lipinski definition) is 6. The van der Waals surface area contributed by atoms with Crippen LogP contribution in [0.15, 0.2) is 55.6 Å². The van der Waals surface area contributed by atoms with Crippen LogP contribution in [0.1, 0.15) is 23.7 Å². The van der Waals surface area contributed by atoms with E-state index in [-0.39, 0.29) is 6.47 Å². The number of carbonyl (C=O) groups excluding carboxylic acids is 4. The van der Waals surface area contributed by atoms with Gasteiger partial charge in [-0.1, -0.05) is 50.4 Å². The van der Waals surface area contributed by atoms with Crippen LogP contribution >= 0.6 is 0 Å². The van der Waals surface area contributed by atoms with Gasteiger partial charge in [0.2, 0.25) is 0 Å². The third-order valence-corrected chi connectivity index (χ3v) is 1.37. The van der Waals surface area contributed by atoms with E-state index in [4.69, 9.17) is 24.6 Å². The molecule has 144 valence electrons. The van der Waals surface area contributed by atoms with Crippen LogP contribution in [0, 0.1) is 0 Å². The van der Waals surface area contributed by atoms with Crippen molar-refractivity contribution in [2.45, 2.75) is 13.3 Å². The molecule has 0 aliphatic carbocycles. The van der Waals surface area contributed by atoms with Crippen LogP contribution in [0.2, 0.25) is 0 Å². The summed E-state index contributed by atoms with van der Waals surface area (Å²) in [6.07, 6.45) is 5.01. The molecular formula is C18H24O8. The molecule has 2 N–H and O–H groups in total. The molecule has 26 heavy (non-hydrogen) atoms. The minimum absolute atomic E-state index is 0.250. The summed E-state index contributed by atoms with van der Waals surface area (Å²) in [6, 6.07) is 9.10. The molecule has 1 aromatic carbocycles. The van der Waals surface area contributed by atoms with Gasteiger partial charge in [-0.2, -0.15) is 0 Å². The van der Waals surface area contributed by atoms with Crippen LogP contribution in [-0.2, 0) is 24.0 Å². The normalized spacial score (nSPS) is 6.19. The van der Waals surface area contributed by atoms with Crippen molar-refractivity contribution in [3.63, 3.8) is 0 Å². The molecule has 0 radical (unpaired) electrons. The van der Waals surface area contributed by atoms with E-state index in [0.717, 1.165) is 24.2 Å². The van der Waals surface area contributed by atoms with Crippen molar-refractivity contribution in [3.8, 4) is 0 Å². The van der Waals surface area contributed by atoms with Crippen LogP contribution < -0.4 is 0 Å². The van der Waals surface area contributed by atoms with E-state index in [2.05, 4.69) is 13.2 Å². The number of benzene rings is 1. The molecular weight excluding hydrogens is 344 g/mol. The SMILES string of the molecule is C=CC(=O)O.C=CC=O.C=O.CCC=O.O=CO.O=Cc1ccccc1. The Morgan fingerprint density at radius 2 is 1.35 bits per heavy atom. The summed E-state index contributed by atoms with van der Waals surface area (Å²) in [7, 11) is 0. The Kier molecular flexibility index (Phi) is 55.8. The first-order chi connectivity index (χ1) is 12.4. The van der Waals surface area contributed by atoms with Gasteiger partial charge in [-0.25, -0.2) is 4.79 Å². The van der Waals surface area contributed by atoms with Crippen molar-refractivity contribution in [2.75, 3.05) is 0 Å². The molecule has 0 heterocycles. The van der Waals surface area contributed by atoms with E-state index in [1.807, 2.05) is 31.9 Å². The smallest absolute Gasteiger partial charge is 0.327 e. The molecule has 0 aliphatic rings. The molecule has 1 aromatic rings. The second-order valence-electron chi connectivity index (χ2n) is 3.12. The van der Waals surface area contributed by atoms with Gasteiger partial charge in [0.15, 0.2) is 0 Å². The first-order valence-electron chi connectivity index (χ1n) is 6.67. The van der Waals surface area contributed by atoms with Gasteiger partial charge in [0.05, 0.1) is 0 Å². The highest BCUT2D eigenvalue weighted by Gasteiger charge is 1.80. The monoisotopic (exact) mass is 368 g/mol. The largest absolute Gasteiger partial charge is 0.483 e. The van der Waals surface area contributed by atoms with Crippen molar-refractivity contribution in [1.82, 2.24) is 0 Å². The molecule has 0 unspecified atom stereocenters. The molecule has 0 amide bonds. The maximum Gasteiger partial charge on any atom is 0.327 e. The van der Waals surface area contributed by atoms with Crippen molar-refractivity contribution in [3.05, 3.63) is 61.2 Å². The Bertz CT molecular complexity index is 463. The van der Waals surface area contributed by atoms with Crippen LogP contribution in [0.5, 0.6) is 0 Å². The van der Waals surface area contributed by atoms with Crippen LogP contribution in [-0.4, -0.2) is 48.3 Å². The first kappa shape index (κ1) is 33.8. The zero-order valence-corrected chi connectivity index (χ0v) is 14.5. The van der Waals surface area contributed by atoms with Gasteiger partial charge in [-0.05, 0) is 6.08 Å². The number of carbonyl (C=O) groups is 6. The highest BCUT2D eigenvalue weighted by Crippen LogP contribution is 1.91. The fraction of sp³-hybridized carbons (Fsp3) is 0.111. The van der Waals surface area contributed by atoms with E-state index >= 15 is 0 Å². The van der Waals surface area contributed by atoms with Gasteiger partial charge in [0.25, 0.3) is 6.47 Å².